The van der Waals surface area contributed by atoms with Crippen molar-refractivity contribution in [2.24, 2.45) is 0 Å². The number of hydrogen-bond acceptors (Lipinski definition) is 4. The van der Waals surface area contributed by atoms with Crippen molar-refractivity contribution in [2.75, 3.05) is 18.7 Å². The van der Waals surface area contributed by atoms with Crippen LogP contribution < -0.4 is 5.32 Å². The number of carboxylic acid groups (broad SMARTS) is 1. The molecule has 2 N–H and O–H groups in total. The standard InChI is InChI=1S/C11H18N2O4S/c1-17-9-4-2-3-7(9)12-11(16)13-6-18-5-8(13)10(14)15/h7-9H,2-6H2,1H3,(H,12,16)(H,14,15). The number of nitrogens with zero attached hydrogens (tertiary/aromatic N) is 1. The van der Waals surface area contributed by atoms with Gasteiger partial charge in [0, 0.05) is 12.9 Å². The number of thioether (sulfide) groups is 1. The van der Waals surface area contributed by atoms with E-state index in [1.54, 1.807) is 7.11 Å². The molecule has 1 saturated heterocycles. The van der Waals surface area contributed by atoms with E-state index < -0.39 is 12.0 Å². The Labute approximate surface area is 110 Å². The van der Waals surface area contributed by atoms with Crippen molar-refractivity contribution < 1.29 is 19.4 Å². The molecule has 1 aliphatic heterocycles. The van der Waals surface area contributed by atoms with E-state index >= 15 is 0 Å². The minimum absolute atomic E-state index is 0.00236. The molecule has 102 valence electrons. The molecule has 1 saturated carbocycles. The summed E-state index contributed by atoms with van der Waals surface area (Å²) in [7, 11) is 1.64. The second-order valence-electron chi connectivity index (χ2n) is 4.58. The smallest absolute Gasteiger partial charge is 0.327 e. The zero-order chi connectivity index (χ0) is 13.1. The average Bonchev–Trinajstić information content (AvgIpc) is 2.96. The lowest BCUT2D eigenvalue weighted by molar-refractivity contribution is -0.140. The Bertz CT molecular complexity index is 339. The predicted octanol–water partition coefficient (Wildman–Crippen LogP) is 0.723. The molecule has 1 aliphatic carbocycles. The number of amides is 2. The summed E-state index contributed by atoms with van der Waals surface area (Å²) in [6, 6.07) is -0.999. The van der Waals surface area contributed by atoms with E-state index in [1.165, 1.54) is 16.7 Å². The van der Waals surface area contributed by atoms with Crippen molar-refractivity contribution in [3.05, 3.63) is 0 Å². The number of hydrogen-bond donors (Lipinski definition) is 2. The zero-order valence-electron chi connectivity index (χ0n) is 10.3. The molecule has 0 spiro atoms. The van der Waals surface area contributed by atoms with Crippen LogP contribution in [0.15, 0.2) is 0 Å². The van der Waals surface area contributed by atoms with E-state index in [0.717, 1.165) is 19.3 Å². The third-order valence-corrected chi connectivity index (χ3v) is 4.50. The molecule has 6 nitrogen and oxygen atoms in total. The van der Waals surface area contributed by atoms with Gasteiger partial charge >= 0.3 is 12.0 Å². The first-order chi connectivity index (χ1) is 8.63. The van der Waals surface area contributed by atoms with Crippen molar-refractivity contribution in [3.63, 3.8) is 0 Å². The van der Waals surface area contributed by atoms with Crippen LogP contribution in [0.4, 0.5) is 4.79 Å². The van der Waals surface area contributed by atoms with Crippen molar-refractivity contribution in [1.82, 2.24) is 10.2 Å². The van der Waals surface area contributed by atoms with Crippen LogP contribution in [0.2, 0.25) is 0 Å². The molecular formula is C11H18N2O4S. The summed E-state index contributed by atoms with van der Waals surface area (Å²) in [4.78, 5) is 24.5. The second kappa shape index (κ2) is 5.79. The fraction of sp³-hybridized carbons (Fsp3) is 0.818. The van der Waals surface area contributed by atoms with Crippen LogP contribution in [0, 0.1) is 0 Å². The summed E-state index contributed by atoms with van der Waals surface area (Å²) in [5, 5.41) is 11.9. The molecule has 18 heavy (non-hydrogen) atoms. The fourth-order valence-corrected chi connectivity index (χ4v) is 3.61. The molecule has 0 radical (unpaired) electrons. The minimum atomic E-state index is -0.940. The quantitative estimate of drug-likeness (QED) is 0.793. The summed E-state index contributed by atoms with van der Waals surface area (Å²) in [6.45, 7) is 0. The van der Waals surface area contributed by atoms with Crippen LogP contribution in [0.1, 0.15) is 19.3 Å². The number of carbonyl (C=O) groups excluding carboxylic acids is 1. The van der Waals surface area contributed by atoms with Gasteiger partial charge in [0.15, 0.2) is 0 Å². The maximum Gasteiger partial charge on any atom is 0.327 e. The first kappa shape index (κ1) is 13.5. The Morgan fingerprint density at radius 2 is 2.22 bits per heavy atom. The van der Waals surface area contributed by atoms with E-state index in [9.17, 15) is 9.59 Å². The Morgan fingerprint density at radius 3 is 2.89 bits per heavy atom. The molecule has 2 rings (SSSR count). The average molecular weight is 274 g/mol. The SMILES string of the molecule is COC1CCCC1NC(=O)N1CSCC1C(=O)O. The Balaban J connectivity index is 1.93. The number of methoxy groups -OCH3 is 1. The first-order valence-corrected chi connectivity index (χ1v) is 7.19. The zero-order valence-corrected chi connectivity index (χ0v) is 11.1. The summed E-state index contributed by atoms with van der Waals surface area (Å²) in [6.07, 6.45) is 2.91. The monoisotopic (exact) mass is 274 g/mol. The van der Waals surface area contributed by atoms with E-state index in [1.807, 2.05) is 0 Å². The van der Waals surface area contributed by atoms with Gasteiger partial charge in [-0.3, -0.25) is 0 Å². The predicted molar refractivity (Wildman–Crippen MR) is 67.6 cm³/mol. The number of nitrogens with one attached hydrogen (secondary N) is 1. The number of carboxylic acids is 1. The maximum atomic E-state index is 12.1. The summed E-state index contributed by atoms with van der Waals surface area (Å²) >= 11 is 1.46. The van der Waals surface area contributed by atoms with Gasteiger partial charge in [0.05, 0.1) is 18.0 Å². The van der Waals surface area contributed by atoms with E-state index in [4.69, 9.17) is 9.84 Å². The second-order valence-corrected chi connectivity index (χ2v) is 5.58. The van der Waals surface area contributed by atoms with Crippen molar-refractivity contribution in [2.45, 2.75) is 37.5 Å². The highest BCUT2D eigenvalue weighted by Gasteiger charge is 2.37. The van der Waals surface area contributed by atoms with Crippen LogP contribution in [0.25, 0.3) is 0 Å². The van der Waals surface area contributed by atoms with E-state index in [2.05, 4.69) is 5.32 Å². The van der Waals surface area contributed by atoms with Gasteiger partial charge in [0.1, 0.15) is 6.04 Å². The lowest BCUT2D eigenvalue weighted by atomic mass is 10.2. The highest BCUT2D eigenvalue weighted by molar-refractivity contribution is 7.99. The molecule has 0 aromatic rings. The van der Waals surface area contributed by atoms with Gasteiger partial charge in [-0.25, -0.2) is 9.59 Å². The molecule has 0 bridgehead atoms. The van der Waals surface area contributed by atoms with Gasteiger partial charge in [-0.15, -0.1) is 11.8 Å². The Hall–Kier alpha value is -0.950. The minimum Gasteiger partial charge on any atom is -0.480 e. The maximum absolute atomic E-state index is 12.1. The lowest BCUT2D eigenvalue weighted by Crippen LogP contribution is -2.51. The Kier molecular flexibility index (Phi) is 4.34. The van der Waals surface area contributed by atoms with Gasteiger partial charge < -0.3 is 20.1 Å². The molecule has 1 heterocycles. The summed E-state index contributed by atoms with van der Waals surface area (Å²) in [5.74, 6) is -0.0428. The molecule has 7 heteroatoms. The van der Waals surface area contributed by atoms with Crippen LogP contribution in [-0.4, -0.2) is 58.9 Å². The van der Waals surface area contributed by atoms with Crippen LogP contribution >= 0.6 is 11.8 Å². The number of ether oxygens (including phenoxy) is 1. The first-order valence-electron chi connectivity index (χ1n) is 6.04. The third kappa shape index (κ3) is 2.72. The highest BCUT2D eigenvalue weighted by Crippen LogP contribution is 2.24. The van der Waals surface area contributed by atoms with E-state index in [-0.39, 0.29) is 18.2 Å². The molecule has 0 aromatic carbocycles. The lowest BCUT2D eigenvalue weighted by Gasteiger charge is -2.25. The number of aliphatic carboxylic acids is 1. The summed E-state index contributed by atoms with van der Waals surface area (Å²) in [5.41, 5.74) is 0. The van der Waals surface area contributed by atoms with Crippen molar-refractivity contribution in [3.8, 4) is 0 Å². The highest BCUT2D eigenvalue weighted by atomic mass is 32.2. The molecule has 2 fully saturated rings. The Morgan fingerprint density at radius 1 is 1.44 bits per heavy atom. The molecule has 3 atom stereocenters. The van der Waals surface area contributed by atoms with Crippen LogP contribution in [0.5, 0.6) is 0 Å². The van der Waals surface area contributed by atoms with Gasteiger partial charge in [0.2, 0.25) is 0 Å². The van der Waals surface area contributed by atoms with E-state index in [0.29, 0.717) is 11.6 Å². The number of carbonyl (C=O) groups is 2. The van der Waals surface area contributed by atoms with Gasteiger partial charge in [-0.2, -0.15) is 0 Å². The van der Waals surface area contributed by atoms with Gasteiger partial charge in [-0.05, 0) is 19.3 Å². The van der Waals surface area contributed by atoms with Crippen molar-refractivity contribution in [1.29, 1.82) is 0 Å². The third-order valence-electron chi connectivity index (χ3n) is 3.49. The molecule has 2 aliphatic rings. The molecule has 2 amide bonds. The van der Waals surface area contributed by atoms with Crippen LogP contribution in [-0.2, 0) is 9.53 Å². The van der Waals surface area contributed by atoms with Gasteiger partial charge in [0.25, 0.3) is 0 Å². The van der Waals surface area contributed by atoms with Crippen molar-refractivity contribution >= 4 is 23.8 Å². The number of urea groups is 1. The largest absolute Gasteiger partial charge is 0.480 e. The molecule has 0 aromatic heterocycles. The van der Waals surface area contributed by atoms with Gasteiger partial charge in [-0.1, -0.05) is 0 Å². The molecule has 3 unspecified atom stereocenters. The van der Waals surface area contributed by atoms with Crippen LogP contribution in [0.3, 0.4) is 0 Å². The summed E-state index contributed by atoms with van der Waals surface area (Å²) < 4.78 is 5.31. The fourth-order valence-electron chi connectivity index (χ4n) is 2.46. The molecular weight excluding hydrogens is 256 g/mol. The number of rotatable bonds is 3. The topological polar surface area (TPSA) is 78.9 Å². The normalized spacial score (nSPS) is 31.6.